The zero-order valence-electron chi connectivity index (χ0n) is 24.1. The maximum absolute atomic E-state index is 14.1. The van der Waals surface area contributed by atoms with E-state index in [1.54, 1.807) is 38.1 Å². The molecule has 0 fully saturated rings. The van der Waals surface area contributed by atoms with Gasteiger partial charge in [-0.3, -0.25) is 13.9 Å². The summed E-state index contributed by atoms with van der Waals surface area (Å²) in [5, 5.41) is 3.32. The lowest BCUT2D eigenvalue weighted by atomic mass is 10.1. The number of carbonyl (C=O) groups is 2. The van der Waals surface area contributed by atoms with Crippen molar-refractivity contribution in [2.75, 3.05) is 17.5 Å². The van der Waals surface area contributed by atoms with Crippen molar-refractivity contribution < 1.29 is 22.7 Å². The highest BCUT2D eigenvalue weighted by Crippen LogP contribution is 2.33. The van der Waals surface area contributed by atoms with Crippen LogP contribution in [0.25, 0.3) is 0 Å². The molecule has 0 spiro atoms. The van der Waals surface area contributed by atoms with E-state index < -0.39 is 28.5 Å². The number of rotatable bonds is 13. The van der Waals surface area contributed by atoms with Crippen LogP contribution in [0.1, 0.15) is 45.2 Å². The number of amides is 2. The van der Waals surface area contributed by atoms with Crippen LogP contribution in [-0.2, 0) is 26.2 Å². The quantitative estimate of drug-likeness (QED) is 0.277. The molecule has 0 saturated heterocycles. The van der Waals surface area contributed by atoms with Crippen molar-refractivity contribution in [3.8, 4) is 5.75 Å². The highest BCUT2D eigenvalue weighted by Gasteiger charge is 2.34. The predicted molar refractivity (Wildman–Crippen MR) is 163 cm³/mol. The molecule has 2 amide bonds. The molecule has 0 saturated carbocycles. The Balaban J connectivity index is 2.09. The summed E-state index contributed by atoms with van der Waals surface area (Å²) in [7, 11) is -4.24. The fourth-order valence-electron chi connectivity index (χ4n) is 4.21. The van der Waals surface area contributed by atoms with Crippen LogP contribution in [0.3, 0.4) is 0 Å². The van der Waals surface area contributed by atoms with E-state index in [4.69, 9.17) is 16.3 Å². The van der Waals surface area contributed by atoms with Gasteiger partial charge in [0.05, 0.1) is 17.2 Å². The second-order valence-electron chi connectivity index (χ2n) is 9.81. The number of hydrogen-bond acceptors (Lipinski definition) is 5. The van der Waals surface area contributed by atoms with Crippen molar-refractivity contribution in [2.24, 2.45) is 0 Å². The molecule has 0 radical (unpaired) electrons. The zero-order chi connectivity index (χ0) is 30.2. The normalized spacial score (nSPS) is 12.7. The zero-order valence-corrected chi connectivity index (χ0v) is 25.7. The van der Waals surface area contributed by atoms with E-state index in [-0.39, 0.29) is 29.1 Å². The van der Waals surface area contributed by atoms with Crippen LogP contribution in [0.2, 0.25) is 5.02 Å². The first-order chi connectivity index (χ1) is 19.5. The van der Waals surface area contributed by atoms with Gasteiger partial charge in [-0.2, -0.15) is 0 Å². The maximum atomic E-state index is 14.1. The minimum Gasteiger partial charge on any atom is -0.492 e. The molecule has 3 rings (SSSR count). The Hall–Kier alpha value is -3.56. The molecule has 0 aliphatic rings. The lowest BCUT2D eigenvalue weighted by molar-refractivity contribution is -0.139. The van der Waals surface area contributed by atoms with Crippen molar-refractivity contribution >= 4 is 39.1 Å². The molecule has 2 atom stereocenters. The standard InChI is InChI=1S/C31H38ClN3O5S/c1-6-23(4)33-31(37)24(5)34(20-25-13-9-8-12-22(25)3)30(36)21-35(28-14-10-11-15-29(28)40-7-2)41(38,39)27-18-16-26(32)17-19-27/h8-19,23-24H,6-7,20-21H2,1-5H3,(H,33,37)/t23-,24-/m1/s1. The van der Waals surface area contributed by atoms with E-state index in [9.17, 15) is 18.0 Å². The minimum atomic E-state index is -4.24. The van der Waals surface area contributed by atoms with Gasteiger partial charge in [0.1, 0.15) is 18.3 Å². The Morgan fingerprint density at radius 3 is 2.22 bits per heavy atom. The molecule has 0 aromatic heterocycles. The van der Waals surface area contributed by atoms with Gasteiger partial charge in [0.25, 0.3) is 10.0 Å². The molecule has 0 heterocycles. The van der Waals surface area contributed by atoms with E-state index in [1.807, 2.05) is 45.0 Å². The fourth-order valence-corrected chi connectivity index (χ4v) is 5.76. The number of hydrogen-bond donors (Lipinski definition) is 1. The van der Waals surface area contributed by atoms with Crippen LogP contribution in [0, 0.1) is 6.92 Å². The van der Waals surface area contributed by atoms with Crippen molar-refractivity contribution in [3.05, 3.63) is 88.9 Å². The van der Waals surface area contributed by atoms with Crippen molar-refractivity contribution in [2.45, 2.75) is 64.6 Å². The van der Waals surface area contributed by atoms with Crippen molar-refractivity contribution in [3.63, 3.8) is 0 Å². The number of carbonyl (C=O) groups excluding carboxylic acids is 2. The van der Waals surface area contributed by atoms with Gasteiger partial charge in [-0.05, 0) is 81.6 Å². The van der Waals surface area contributed by atoms with Gasteiger partial charge in [0.2, 0.25) is 11.8 Å². The van der Waals surface area contributed by atoms with E-state index in [1.165, 1.54) is 29.2 Å². The highest BCUT2D eigenvalue weighted by molar-refractivity contribution is 7.92. The van der Waals surface area contributed by atoms with Crippen LogP contribution in [0.4, 0.5) is 5.69 Å². The van der Waals surface area contributed by atoms with E-state index in [2.05, 4.69) is 5.32 Å². The van der Waals surface area contributed by atoms with Gasteiger partial charge in [-0.1, -0.05) is 54.9 Å². The summed E-state index contributed by atoms with van der Waals surface area (Å²) in [6.07, 6.45) is 0.728. The van der Waals surface area contributed by atoms with E-state index in [0.29, 0.717) is 17.4 Å². The Kier molecular flexibility index (Phi) is 11.2. The first-order valence-corrected chi connectivity index (χ1v) is 15.5. The van der Waals surface area contributed by atoms with Crippen LogP contribution >= 0.6 is 11.6 Å². The molecule has 0 aliphatic carbocycles. The van der Waals surface area contributed by atoms with Gasteiger partial charge in [-0.15, -0.1) is 0 Å². The third-order valence-corrected chi connectivity index (χ3v) is 8.91. The maximum Gasteiger partial charge on any atom is 0.264 e. The van der Waals surface area contributed by atoms with Crippen molar-refractivity contribution in [1.82, 2.24) is 10.2 Å². The van der Waals surface area contributed by atoms with Crippen LogP contribution < -0.4 is 14.4 Å². The monoisotopic (exact) mass is 599 g/mol. The predicted octanol–water partition coefficient (Wildman–Crippen LogP) is 5.57. The molecule has 0 unspecified atom stereocenters. The summed E-state index contributed by atoms with van der Waals surface area (Å²) in [5.41, 5.74) is 2.02. The summed E-state index contributed by atoms with van der Waals surface area (Å²) < 4.78 is 34.9. The minimum absolute atomic E-state index is 0.0333. The number of para-hydroxylation sites is 2. The average Bonchev–Trinajstić information content (AvgIpc) is 2.95. The molecule has 1 N–H and O–H groups in total. The van der Waals surface area contributed by atoms with Gasteiger partial charge in [0.15, 0.2) is 0 Å². The van der Waals surface area contributed by atoms with E-state index >= 15 is 0 Å². The number of anilines is 1. The smallest absolute Gasteiger partial charge is 0.264 e. The Labute approximate surface area is 248 Å². The topological polar surface area (TPSA) is 96.0 Å². The third kappa shape index (κ3) is 8.01. The molecule has 3 aromatic rings. The van der Waals surface area contributed by atoms with Gasteiger partial charge >= 0.3 is 0 Å². The molecule has 0 bridgehead atoms. The third-order valence-electron chi connectivity index (χ3n) is 6.88. The number of nitrogens with one attached hydrogen (secondary N) is 1. The van der Waals surface area contributed by atoms with Gasteiger partial charge in [-0.25, -0.2) is 8.42 Å². The van der Waals surface area contributed by atoms with Gasteiger partial charge < -0.3 is 15.0 Å². The number of benzene rings is 3. The molecule has 41 heavy (non-hydrogen) atoms. The molecular weight excluding hydrogens is 562 g/mol. The Morgan fingerprint density at radius 1 is 0.951 bits per heavy atom. The highest BCUT2D eigenvalue weighted by atomic mass is 35.5. The largest absolute Gasteiger partial charge is 0.492 e. The second-order valence-corrected chi connectivity index (χ2v) is 12.1. The molecule has 0 aliphatic heterocycles. The first kappa shape index (κ1) is 32.0. The average molecular weight is 600 g/mol. The summed E-state index contributed by atoms with van der Waals surface area (Å²) in [4.78, 5) is 28.7. The molecule has 220 valence electrons. The summed E-state index contributed by atoms with van der Waals surface area (Å²) in [6, 6.07) is 19.0. The SMILES string of the molecule is CCOc1ccccc1N(CC(=O)N(Cc1ccccc1C)[C@H](C)C(=O)N[C@H](C)CC)S(=O)(=O)c1ccc(Cl)cc1. The number of nitrogens with zero attached hydrogens (tertiary/aromatic N) is 2. The first-order valence-electron chi connectivity index (χ1n) is 13.6. The Bertz CT molecular complexity index is 1450. The summed E-state index contributed by atoms with van der Waals surface area (Å²) in [5.74, 6) is -0.541. The summed E-state index contributed by atoms with van der Waals surface area (Å²) in [6.45, 7) is 9.10. The molecule has 10 heteroatoms. The number of ether oxygens (including phenoxy) is 1. The molecule has 3 aromatic carbocycles. The lowest BCUT2D eigenvalue weighted by Crippen LogP contribution is -2.52. The Morgan fingerprint density at radius 2 is 1.59 bits per heavy atom. The van der Waals surface area contributed by atoms with E-state index in [0.717, 1.165) is 21.9 Å². The number of halogens is 1. The number of aryl methyl sites for hydroxylation is 1. The van der Waals surface area contributed by atoms with Crippen molar-refractivity contribution in [1.29, 1.82) is 0 Å². The molecular formula is C31H38ClN3O5S. The van der Waals surface area contributed by atoms with Crippen LogP contribution in [-0.4, -0.2) is 50.4 Å². The van der Waals surface area contributed by atoms with Gasteiger partial charge in [0, 0.05) is 17.6 Å². The summed E-state index contributed by atoms with van der Waals surface area (Å²) >= 11 is 6.02. The van der Waals surface area contributed by atoms with Crippen LogP contribution in [0.15, 0.2) is 77.7 Å². The number of sulfonamides is 1. The molecule has 8 nitrogen and oxygen atoms in total. The lowest BCUT2D eigenvalue weighted by Gasteiger charge is -2.33. The van der Waals surface area contributed by atoms with Crippen LogP contribution in [0.5, 0.6) is 5.75 Å². The fraction of sp³-hybridized carbons (Fsp3) is 0.355. The second kappa shape index (κ2) is 14.4.